The Hall–Kier alpha value is -1.42. The first kappa shape index (κ1) is 20.6. The monoisotopic (exact) mass is 335 g/mol. The van der Waals surface area contributed by atoms with E-state index in [2.05, 4.69) is 6.92 Å². The first-order valence-electron chi connectivity index (χ1n) is 9.33. The molecule has 1 rings (SSSR count). The van der Waals surface area contributed by atoms with Gasteiger partial charge in [-0.2, -0.15) is 0 Å². The highest BCUT2D eigenvalue weighted by atomic mass is 16.4. The van der Waals surface area contributed by atoms with Crippen molar-refractivity contribution in [3.8, 4) is 0 Å². The second-order valence-electron chi connectivity index (χ2n) is 6.72. The van der Waals surface area contributed by atoms with E-state index in [1.165, 1.54) is 0 Å². The van der Waals surface area contributed by atoms with Crippen LogP contribution >= 0.6 is 0 Å². The Kier molecular flexibility index (Phi) is 10.3. The van der Waals surface area contributed by atoms with E-state index >= 15 is 0 Å². The maximum Gasteiger partial charge on any atom is 0.159 e. The van der Waals surface area contributed by atoms with E-state index in [1.807, 2.05) is 18.2 Å². The highest BCUT2D eigenvalue weighted by molar-refractivity contribution is 5.94. The lowest BCUT2D eigenvalue weighted by atomic mass is 9.88. The molecule has 0 unspecified atom stereocenters. The van der Waals surface area contributed by atoms with Crippen molar-refractivity contribution < 1.29 is 19.8 Å². The van der Waals surface area contributed by atoms with Crippen LogP contribution in [0.5, 0.6) is 0 Å². The number of carboxylic acid groups (broad SMARTS) is 1. The normalized spacial score (nSPS) is 21.7. The molecule has 0 bridgehead atoms. The third-order valence-electron chi connectivity index (χ3n) is 4.62. The Morgan fingerprint density at radius 1 is 1.25 bits per heavy atom. The summed E-state index contributed by atoms with van der Waals surface area (Å²) in [5.74, 6) is -0.764. The van der Waals surface area contributed by atoms with Crippen LogP contribution in [0.4, 0.5) is 0 Å². The Morgan fingerprint density at radius 3 is 2.71 bits per heavy atom. The lowest BCUT2D eigenvalue weighted by Gasteiger charge is -2.15. The number of rotatable bonds is 13. The van der Waals surface area contributed by atoms with Crippen LogP contribution in [0.15, 0.2) is 24.3 Å². The third kappa shape index (κ3) is 8.44. The molecule has 0 fully saturated rings. The number of hydrogen-bond donors (Lipinski definition) is 1. The molecule has 0 aromatic heterocycles. The average Bonchev–Trinajstić information content (AvgIpc) is 2.89. The van der Waals surface area contributed by atoms with Crippen LogP contribution < -0.4 is 5.11 Å². The van der Waals surface area contributed by atoms with Gasteiger partial charge in [0.25, 0.3) is 0 Å². The van der Waals surface area contributed by atoms with Crippen LogP contribution in [0.25, 0.3) is 0 Å². The molecule has 24 heavy (non-hydrogen) atoms. The molecule has 1 aliphatic rings. The van der Waals surface area contributed by atoms with Gasteiger partial charge in [-0.05, 0) is 31.8 Å². The number of aliphatic hydroxyl groups is 1. The van der Waals surface area contributed by atoms with Crippen molar-refractivity contribution in [2.75, 3.05) is 0 Å². The van der Waals surface area contributed by atoms with E-state index in [-0.39, 0.29) is 24.0 Å². The SMILES string of the molecule is CCCCC[C@H](O)/C=C/[C@H]1C=CC(=O)[C@@H]1CCCCCCC(=O)[O-]. The largest absolute Gasteiger partial charge is 0.550 e. The topological polar surface area (TPSA) is 77.4 Å². The van der Waals surface area contributed by atoms with Gasteiger partial charge in [0.05, 0.1) is 6.10 Å². The van der Waals surface area contributed by atoms with E-state index in [0.29, 0.717) is 6.42 Å². The van der Waals surface area contributed by atoms with Gasteiger partial charge < -0.3 is 15.0 Å². The summed E-state index contributed by atoms with van der Waals surface area (Å²) in [6, 6.07) is 0. The van der Waals surface area contributed by atoms with Crippen molar-refractivity contribution in [1.29, 1.82) is 0 Å². The number of aliphatic hydroxyl groups excluding tert-OH is 1. The van der Waals surface area contributed by atoms with E-state index < -0.39 is 12.1 Å². The maximum absolute atomic E-state index is 12.0. The summed E-state index contributed by atoms with van der Waals surface area (Å²) < 4.78 is 0. The lowest BCUT2D eigenvalue weighted by molar-refractivity contribution is -0.305. The molecule has 4 nitrogen and oxygen atoms in total. The van der Waals surface area contributed by atoms with Gasteiger partial charge in [0, 0.05) is 17.8 Å². The smallest absolute Gasteiger partial charge is 0.159 e. The maximum atomic E-state index is 12.0. The van der Waals surface area contributed by atoms with E-state index in [0.717, 1.165) is 51.4 Å². The Labute approximate surface area is 145 Å². The fraction of sp³-hybridized carbons (Fsp3) is 0.700. The Balaban J connectivity index is 2.29. The molecule has 0 amide bonds. The summed E-state index contributed by atoms with van der Waals surface area (Å²) in [5, 5.41) is 20.3. The fourth-order valence-electron chi connectivity index (χ4n) is 3.13. The molecule has 0 radical (unpaired) electrons. The first-order valence-corrected chi connectivity index (χ1v) is 9.33. The number of allylic oxidation sites excluding steroid dienone is 3. The van der Waals surface area contributed by atoms with Crippen molar-refractivity contribution in [3.05, 3.63) is 24.3 Å². The molecule has 0 saturated heterocycles. The van der Waals surface area contributed by atoms with Gasteiger partial charge in [0.15, 0.2) is 5.78 Å². The molecule has 0 aromatic carbocycles. The summed E-state index contributed by atoms with van der Waals surface area (Å²) in [6.07, 6.45) is 15.3. The zero-order chi connectivity index (χ0) is 17.8. The minimum absolute atomic E-state index is 0.0229. The molecule has 0 spiro atoms. The number of aliphatic carboxylic acids is 1. The number of unbranched alkanes of at least 4 members (excludes halogenated alkanes) is 5. The van der Waals surface area contributed by atoms with Gasteiger partial charge in [0.2, 0.25) is 0 Å². The van der Waals surface area contributed by atoms with Crippen molar-refractivity contribution in [2.24, 2.45) is 11.8 Å². The summed E-state index contributed by atoms with van der Waals surface area (Å²) in [5.41, 5.74) is 0. The minimum Gasteiger partial charge on any atom is -0.550 e. The fourth-order valence-corrected chi connectivity index (χ4v) is 3.13. The van der Waals surface area contributed by atoms with E-state index in [4.69, 9.17) is 0 Å². The van der Waals surface area contributed by atoms with E-state index in [9.17, 15) is 19.8 Å². The Bertz CT molecular complexity index is 439. The van der Waals surface area contributed by atoms with Gasteiger partial charge in [-0.15, -0.1) is 0 Å². The minimum atomic E-state index is -0.993. The molecule has 136 valence electrons. The van der Waals surface area contributed by atoms with Crippen LogP contribution in [-0.2, 0) is 9.59 Å². The number of ketones is 1. The van der Waals surface area contributed by atoms with Crippen LogP contribution in [0.3, 0.4) is 0 Å². The number of carbonyl (C=O) groups is 2. The molecular formula is C20H31O4-. The van der Waals surface area contributed by atoms with E-state index in [1.54, 1.807) is 6.08 Å². The quantitative estimate of drug-likeness (QED) is 0.415. The molecule has 0 heterocycles. The van der Waals surface area contributed by atoms with Crippen LogP contribution in [-0.4, -0.2) is 23.0 Å². The summed E-state index contributed by atoms with van der Waals surface area (Å²) in [7, 11) is 0. The molecule has 3 atom stereocenters. The highest BCUT2D eigenvalue weighted by Gasteiger charge is 2.27. The van der Waals surface area contributed by atoms with Crippen molar-refractivity contribution in [1.82, 2.24) is 0 Å². The summed E-state index contributed by atoms with van der Waals surface area (Å²) in [6.45, 7) is 2.14. The molecule has 0 aromatic rings. The Morgan fingerprint density at radius 2 is 2.00 bits per heavy atom. The molecule has 1 aliphatic carbocycles. The lowest BCUT2D eigenvalue weighted by Crippen LogP contribution is -2.21. The molecule has 0 aliphatic heterocycles. The molecule has 4 heteroatoms. The zero-order valence-corrected chi connectivity index (χ0v) is 14.8. The third-order valence-corrected chi connectivity index (χ3v) is 4.62. The first-order chi connectivity index (χ1) is 11.5. The van der Waals surface area contributed by atoms with Crippen LogP contribution in [0, 0.1) is 11.8 Å². The van der Waals surface area contributed by atoms with Gasteiger partial charge in [-0.3, -0.25) is 4.79 Å². The zero-order valence-electron chi connectivity index (χ0n) is 14.8. The van der Waals surface area contributed by atoms with Crippen molar-refractivity contribution in [3.63, 3.8) is 0 Å². The van der Waals surface area contributed by atoms with Gasteiger partial charge in [0.1, 0.15) is 0 Å². The highest BCUT2D eigenvalue weighted by Crippen LogP contribution is 2.29. The predicted molar refractivity (Wildman–Crippen MR) is 93.1 cm³/mol. The summed E-state index contributed by atoms with van der Waals surface area (Å²) >= 11 is 0. The second-order valence-corrected chi connectivity index (χ2v) is 6.72. The van der Waals surface area contributed by atoms with Gasteiger partial charge >= 0.3 is 0 Å². The second kappa shape index (κ2) is 12.0. The predicted octanol–water partition coefficient (Wildman–Crippen LogP) is 2.95. The van der Waals surface area contributed by atoms with Crippen molar-refractivity contribution in [2.45, 2.75) is 77.2 Å². The number of hydrogen-bond acceptors (Lipinski definition) is 4. The van der Waals surface area contributed by atoms with Crippen molar-refractivity contribution >= 4 is 11.8 Å². The van der Waals surface area contributed by atoms with Gasteiger partial charge in [-0.1, -0.05) is 63.7 Å². The summed E-state index contributed by atoms with van der Waals surface area (Å²) in [4.78, 5) is 22.3. The molecular weight excluding hydrogens is 304 g/mol. The average molecular weight is 335 g/mol. The van der Waals surface area contributed by atoms with Crippen LogP contribution in [0.1, 0.15) is 71.1 Å². The van der Waals surface area contributed by atoms with Crippen LogP contribution in [0.2, 0.25) is 0 Å². The standard InChI is InChI=1S/C20H32O4/c1-2-3-6-9-17(21)14-12-16-13-15-19(22)18(16)10-7-4-5-8-11-20(23)24/h12-18,21H,2-11H2,1H3,(H,23,24)/p-1/b14-12+/t16-,17-,18+/m0/s1. The molecule has 1 N–H and O–H groups in total. The molecule has 0 saturated carbocycles. The van der Waals surface area contributed by atoms with Gasteiger partial charge in [-0.25, -0.2) is 0 Å². The number of carbonyl (C=O) groups excluding carboxylic acids is 2. The number of carboxylic acids is 1.